The van der Waals surface area contributed by atoms with Gasteiger partial charge in [-0.25, -0.2) is 9.78 Å². The normalized spacial score (nSPS) is 14.6. The summed E-state index contributed by atoms with van der Waals surface area (Å²) < 4.78 is 11.4. The Labute approximate surface area is 191 Å². The number of hydrogen-bond acceptors (Lipinski definition) is 6. The van der Waals surface area contributed by atoms with Crippen LogP contribution in [-0.2, 0) is 9.53 Å². The van der Waals surface area contributed by atoms with Crippen molar-refractivity contribution in [2.75, 3.05) is 39.3 Å². The van der Waals surface area contributed by atoms with Gasteiger partial charge in [0.15, 0.2) is 12.2 Å². The average molecular weight is 444 g/mol. The fourth-order valence-electron chi connectivity index (χ4n) is 4.29. The van der Waals surface area contributed by atoms with Gasteiger partial charge in [-0.15, -0.1) is 0 Å². The van der Waals surface area contributed by atoms with Crippen molar-refractivity contribution < 1.29 is 18.7 Å². The maximum absolute atomic E-state index is 13.0. The van der Waals surface area contributed by atoms with Crippen molar-refractivity contribution in [2.45, 2.75) is 6.92 Å². The van der Waals surface area contributed by atoms with Gasteiger partial charge in [0.05, 0.1) is 5.56 Å². The van der Waals surface area contributed by atoms with Gasteiger partial charge in [-0.3, -0.25) is 4.79 Å². The van der Waals surface area contributed by atoms with Crippen molar-refractivity contribution in [2.24, 2.45) is 0 Å². The molecule has 7 heteroatoms. The standard InChI is InChI=1S/C26H25N3O4/c1-2-28-13-15-29(16-14-28)23(30)17-32-26(31)20-10-6-8-18-7-5-9-19(24(18)20)25-27-21-11-3-4-12-22(21)33-25/h3-12H,2,13-17H2,1H3. The van der Waals surface area contributed by atoms with Crippen LogP contribution in [0.1, 0.15) is 17.3 Å². The topological polar surface area (TPSA) is 75.9 Å². The number of rotatable bonds is 5. The number of benzene rings is 3. The second-order valence-electron chi connectivity index (χ2n) is 8.09. The highest BCUT2D eigenvalue weighted by Gasteiger charge is 2.23. The highest BCUT2D eigenvalue weighted by Crippen LogP contribution is 2.33. The molecule has 7 nitrogen and oxygen atoms in total. The van der Waals surface area contributed by atoms with Gasteiger partial charge in [0, 0.05) is 37.1 Å². The van der Waals surface area contributed by atoms with Crippen LogP contribution in [0.25, 0.3) is 33.3 Å². The molecule has 2 heterocycles. The lowest BCUT2D eigenvalue weighted by Gasteiger charge is -2.33. The van der Waals surface area contributed by atoms with Crippen LogP contribution in [0.3, 0.4) is 0 Å². The molecule has 0 radical (unpaired) electrons. The van der Waals surface area contributed by atoms with E-state index in [1.165, 1.54) is 0 Å². The summed E-state index contributed by atoms with van der Waals surface area (Å²) in [5.41, 5.74) is 2.52. The summed E-state index contributed by atoms with van der Waals surface area (Å²) in [5.74, 6) is -0.268. The Morgan fingerprint density at radius 2 is 1.73 bits per heavy atom. The number of piperazine rings is 1. The summed E-state index contributed by atoms with van der Waals surface area (Å²) in [6.07, 6.45) is 0. The second-order valence-corrected chi connectivity index (χ2v) is 8.09. The van der Waals surface area contributed by atoms with Crippen LogP contribution in [0, 0.1) is 0 Å². The van der Waals surface area contributed by atoms with Crippen LogP contribution in [0.15, 0.2) is 65.1 Å². The van der Waals surface area contributed by atoms with Gasteiger partial charge in [-0.1, -0.05) is 43.3 Å². The van der Waals surface area contributed by atoms with E-state index in [0.29, 0.717) is 41.1 Å². The molecule has 168 valence electrons. The van der Waals surface area contributed by atoms with Crippen molar-refractivity contribution in [3.8, 4) is 11.5 Å². The number of hydrogen-bond donors (Lipinski definition) is 0. The molecule has 3 aromatic carbocycles. The number of ether oxygens (including phenoxy) is 1. The Hall–Kier alpha value is -3.71. The predicted molar refractivity (Wildman–Crippen MR) is 126 cm³/mol. The molecule has 0 atom stereocenters. The first kappa shape index (κ1) is 21.2. The summed E-state index contributed by atoms with van der Waals surface area (Å²) in [6.45, 7) is 5.80. The van der Waals surface area contributed by atoms with E-state index in [-0.39, 0.29) is 12.5 Å². The summed E-state index contributed by atoms with van der Waals surface area (Å²) >= 11 is 0. The molecule has 0 saturated carbocycles. The maximum atomic E-state index is 13.0. The molecule has 1 aromatic heterocycles. The van der Waals surface area contributed by atoms with E-state index in [9.17, 15) is 9.59 Å². The average Bonchev–Trinajstić information content (AvgIpc) is 3.30. The van der Waals surface area contributed by atoms with Gasteiger partial charge < -0.3 is 19.0 Å². The molecule has 1 saturated heterocycles. The van der Waals surface area contributed by atoms with Crippen molar-refractivity contribution in [1.29, 1.82) is 0 Å². The molecule has 33 heavy (non-hydrogen) atoms. The highest BCUT2D eigenvalue weighted by molar-refractivity contribution is 6.10. The number of likely N-dealkylation sites (N-methyl/N-ethyl adjacent to an activating group) is 1. The minimum atomic E-state index is -0.537. The van der Waals surface area contributed by atoms with Crippen molar-refractivity contribution >= 4 is 33.7 Å². The van der Waals surface area contributed by atoms with E-state index in [4.69, 9.17) is 9.15 Å². The van der Waals surface area contributed by atoms with Gasteiger partial charge >= 0.3 is 5.97 Å². The Morgan fingerprint density at radius 1 is 0.970 bits per heavy atom. The maximum Gasteiger partial charge on any atom is 0.339 e. The summed E-state index contributed by atoms with van der Waals surface area (Å²) in [7, 11) is 0. The van der Waals surface area contributed by atoms with Gasteiger partial charge in [0.1, 0.15) is 5.52 Å². The van der Waals surface area contributed by atoms with Crippen LogP contribution >= 0.6 is 0 Å². The number of carbonyl (C=O) groups excluding carboxylic acids is 2. The van der Waals surface area contributed by atoms with E-state index >= 15 is 0 Å². The van der Waals surface area contributed by atoms with E-state index in [0.717, 1.165) is 30.5 Å². The molecule has 0 unspecified atom stereocenters. The molecule has 5 rings (SSSR count). The van der Waals surface area contributed by atoms with Crippen LogP contribution < -0.4 is 0 Å². The largest absolute Gasteiger partial charge is 0.452 e. The minimum Gasteiger partial charge on any atom is -0.452 e. The molecule has 4 aromatic rings. The van der Waals surface area contributed by atoms with Gasteiger partial charge in [-0.2, -0.15) is 0 Å². The number of fused-ring (bicyclic) bond motifs is 2. The lowest BCUT2D eigenvalue weighted by atomic mass is 9.99. The molecule has 1 fully saturated rings. The smallest absolute Gasteiger partial charge is 0.339 e. The molecule has 0 bridgehead atoms. The Bertz CT molecular complexity index is 1280. The quantitative estimate of drug-likeness (QED) is 0.435. The number of para-hydroxylation sites is 2. The molecule has 0 spiro atoms. The number of oxazole rings is 1. The summed E-state index contributed by atoms with van der Waals surface area (Å²) in [4.78, 5) is 34.3. The number of nitrogens with zero attached hydrogens (tertiary/aromatic N) is 3. The molecular weight excluding hydrogens is 418 g/mol. The first-order chi connectivity index (χ1) is 16.1. The minimum absolute atomic E-state index is 0.168. The number of esters is 1. The van der Waals surface area contributed by atoms with Crippen LogP contribution in [0.2, 0.25) is 0 Å². The zero-order chi connectivity index (χ0) is 22.8. The first-order valence-corrected chi connectivity index (χ1v) is 11.2. The van der Waals surface area contributed by atoms with Gasteiger partial charge in [-0.05, 0) is 36.2 Å². The lowest BCUT2D eigenvalue weighted by Crippen LogP contribution is -2.49. The number of amides is 1. The zero-order valence-electron chi connectivity index (χ0n) is 18.5. The molecule has 1 aliphatic rings. The van der Waals surface area contributed by atoms with E-state index in [1.54, 1.807) is 17.0 Å². The highest BCUT2D eigenvalue weighted by atomic mass is 16.5. The SMILES string of the molecule is CCN1CCN(C(=O)COC(=O)c2cccc3cccc(-c4nc5ccccc5o4)c23)CC1. The molecule has 1 aliphatic heterocycles. The Kier molecular flexibility index (Phi) is 5.79. The van der Waals surface area contributed by atoms with E-state index < -0.39 is 5.97 Å². The van der Waals surface area contributed by atoms with Gasteiger partial charge in [0.2, 0.25) is 5.89 Å². The molecule has 0 N–H and O–H groups in total. The Morgan fingerprint density at radius 3 is 2.48 bits per heavy atom. The van der Waals surface area contributed by atoms with Gasteiger partial charge in [0.25, 0.3) is 5.91 Å². The van der Waals surface area contributed by atoms with Crippen LogP contribution in [0.5, 0.6) is 0 Å². The first-order valence-electron chi connectivity index (χ1n) is 11.2. The summed E-state index contributed by atoms with van der Waals surface area (Å²) in [5, 5.41) is 1.56. The molecular formula is C26H25N3O4. The van der Waals surface area contributed by atoms with Crippen molar-refractivity contribution in [3.05, 3.63) is 66.2 Å². The lowest BCUT2D eigenvalue weighted by molar-refractivity contribution is -0.136. The third-order valence-corrected chi connectivity index (χ3v) is 6.15. The molecule has 1 amide bonds. The second kappa shape index (κ2) is 9.03. The fourth-order valence-corrected chi connectivity index (χ4v) is 4.29. The number of aromatic nitrogens is 1. The Balaban J connectivity index is 1.40. The van der Waals surface area contributed by atoms with Crippen molar-refractivity contribution in [1.82, 2.24) is 14.8 Å². The fraction of sp³-hybridized carbons (Fsp3) is 0.269. The predicted octanol–water partition coefficient (Wildman–Crippen LogP) is 3.97. The third kappa shape index (κ3) is 4.19. The monoisotopic (exact) mass is 443 g/mol. The van der Waals surface area contributed by atoms with E-state index in [2.05, 4.69) is 16.8 Å². The third-order valence-electron chi connectivity index (χ3n) is 6.15. The van der Waals surface area contributed by atoms with Crippen LogP contribution in [0.4, 0.5) is 0 Å². The van der Waals surface area contributed by atoms with Crippen molar-refractivity contribution in [3.63, 3.8) is 0 Å². The molecule has 0 aliphatic carbocycles. The van der Waals surface area contributed by atoms with E-state index in [1.807, 2.05) is 48.5 Å². The number of carbonyl (C=O) groups is 2. The van der Waals surface area contributed by atoms with Crippen LogP contribution in [-0.4, -0.2) is 66.0 Å². The zero-order valence-corrected chi connectivity index (χ0v) is 18.5. The summed E-state index contributed by atoms with van der Waals surface area (Å²) in [6, 6.07) is 18.7.